The quantitative estimate of drug-likeness (QED) is 0.478. The Morgan fingerprint density at radius 3 is 2.86 bits per heavy atom. The van der Waals surface area contributed by atoms with Crippen LogP contribution in [0.2, 0.25) is 0 Å². The molecule has 7 nitrogen and oxygen atoms in total. The third kappa shape index (κ3) is 4.29. The number of H-pyrrole nitrogens is 1. The van der Waals surface area contributed by atoms with E-state index in [1.165, 1.54) is 11.8 Å². The van der Waals surface area contributed by atoms with Crippen LogP contribution >= 0.6 is 11.8 Å². The van der Waals surface area contributed by atoms with Crippen molar-refractivity contribution in [3.8, 4) is 0 Å². The molecule has 1 saturated heterocycles. The van der Waals surface area contributed by atoms with Crippen LogP contribution in [0.1, 0.15) is 29.4 Å². The fourth-order valence-corrected chi connectivity index (χ4v) is 2.97. The first-order chi connectivity index (χ1) is 10.1. The van der Waals surface area contributed by atoms with E-state index in [0.29, 0.717) is 41.7 Å². The first kappa shape index (κ1) is 16.0. The van der Waals surface area contributed by atoms with Crippen LogP contribution in [0.3, 0.4) is 0 Å². The van der Waals surface area contributed by atoms with E-state index in [1.54, 1.807) is 13.8 Å². The van der Waals surface area contributed by atoms with Gasteiger partial charge in [0.2, 0.25) is 0 Å². The summed E-state index contributed by atoms with van der Waals surface area (Å²) in [5.41, 5.74) is 0.301. The number of nitrogens with one attached hydrogen (secondary N) is 1. The van der Waals surface area contributed by atoms with Gasteiger partial charge in [-0.1, -0.05) is 0 Å². The van der Waals surface area contributed by atoms with Gasteiger partial charge in [0, 0.05) is 17.9 Å². The Labute approximate surface area is 126 Å². The van der Waals surface area contributed by atoms with Gasteiger partial charge in [0.05, 0.1) is 19.8 Å². The SMILES string of the molecule is CCOC(=O)c1c(SCCC2OCCO2)nc(=O)[nH]c1C. The normalized spacial score (nSPS) is 15.3. The maximum absolute atomic E-state index is 12.0. The van der Waals surface area contributed by atoms with Crippen LogP contribution in [0.5, 0.6) is 0 Å². The third-order valence-corrected chi connectivity index (χ3v) is 3.86. The monoisotopic (exact) mass is 314 g/mol. The summed E-state index contributed by atoms with van der Waals surface area (Å²) in [5.74, 6) is 0.155. The van der Waals surface area contributed by atoms with Crippen molar-refractivity contribution >= 4 is 17.7 Å². The lowest BCUT2D eigenvalue weighted by atomic mass is 10.2. The zero-order chi connectivity index (χ0) is 15.2. The van der Waals surface area contributed by atoms with Crippen LogP contribution in [-0.4, -0.2) is 47.8 Å². The predicted octanol–water partition coefficient (Wildman–Crippen LogP) is 1.11. The Morgan fingerprint density at radius 1 is 1.48 bits per heavy atom. The van der Waals surface area contributed by atoms with Crippen molar-refractivity contribution in [1.29, 1.82) is 0 Å². The molecule has 21 heavy (non-hydrogen) atoms. The van der Waals surface area contributed by atoms with Crippen molar-refractivity contribution in [2.75, 3.05) is 25.6 Å². The molecular formula is C13H18N2O5S. The summed E-state index contributed by atoms with van der Waals surface area (Å²) in [4.78, 5) is 29.8. The molecule has 1 fully saturated rings. The van der Waals surface area contributed by atoms with E-state index in [-0.39, 0.29) is 12.9 Å². The number of thioether (sulfide) groups is 1. The Bertz CT molecular complexity index is 554. The highest BCUT2D eigenvalue weighted by Gasteiger charge is 2.20. The number of esters is 1. The molecule has 1 N–H and O–H groups in total. The van der Waals surface area contributed by atoms with Crippen molar-refractivity contribution in [1.82, 2.24) is 9.97 Å². The van der Waals surface area contributed by atoms with Crippen LogP contribution in [0, 0.1) is 6.92 Å². The average molecular weight is 314 g/mol. The highest BCUT2D eigenvalue weighted by molar-refractivity contribution is 7.99. The molecule has 0 atom stereocenters. The van der Waals surface area contributed by atoms with Gasteiger partial charge in [-0.3, -0.25) is 0 Å². The van der Waals surface area contributed by atoms with Gasteiger partial charge in [-0.15, -0.1) is 11.8 Å². The maximum atomic E-state index is 12.0. The zero-order valence-electron chi connectivity index (χ0n) is 12.0. The van der Waals surface area contributed by atoms with E-state index >= 15 is 0 Å². The lowest BCUT2D eigenvalue weighted by Crippen LogP contribution is -2.20. The number of hydrogen-bond donors (Lipinski definition) is 1. The molecule has 0 bridgehead atoms. The topological polar surface area (TPSA) is 90.5 Å². The molecule has 0 radical (unpaired) electrons. The number of ether oxygens (including phenoxy) is 3. The first-order valence-electron chi connectivity index (χ1n) is 6.76. The van der Waals surface area contributed by atoms with Crippen LogP contribution in [0.25, 0.3) is 0 Å². The van der Waals surface area contributed by atoms with Crippen LogP contribution in [0.15, 0.2) is 9.82 Å². The van der Waals surface area contributed by atoms with Gasteiger partial charge in [0.1, 0.15) is 10.6 Å². The predicted molar refractivity (Wildman–Crippen MR) is 76.6 cm³/mol. The van der Waals surface area contributed by atoms with Gasteiger partial charge in [0.15, 0.2) is 6.29 Å². The number of nitrogens with zero attached hydrogens (tertiary/aromatic N) is 1. The number of carbonyl (C=O) groups excluding carboxylic acids is 1. The number of hydrogen-bond acceptors (Lipinski definition) is 7. The summed E-state index contributed by atoms with van der Waals surface area (Å²) in [5, 5.41) is 0.382. The molecule has 1 aliphatic heterocycles. The summed E-state index contributed by atoms with van der Waals surface area (Å²) in [6, 6.07) is 0. The Morgan fingerprint density at radius 2 is 2.19 bits per heavy atom. The van der Waals surface area contributed by atoms with E-state index in [0.717, 1.165) is 0 Å². The maximum Gasteiger partial charge on any atom is 0.346 e. The molecule has 2 heterocycles. The molecule has 0 aliphatic carbocycles. The summed E-state index contributed by atoms with van der Waals surface area (Å²) in [6.07, 6.45) is 0.451. The number of rotatable bonds is 6. The standard InChI is InChI=1S/C13H18N2O5S/c1-3-18-12(16)10-8(2)14-13(17)15-11(10)21-7-4-9-19-5-6-20-9/h9H,3-7H2,1-2H3,(H,14,15,17). The van der Waals surface area contributed by atoms with Gasteiger partial charge in [-0.25, -0.2) is 9.59 Å². The number of aromatic nitrogens is 2. The lowest BCUT2D eigenvalue weighted by molar-refractivity contribution is -0.0421. The summed E-state index contributed by atoms with van der Waals surface area (Å²) in [6.45, 7) is 4.86. The minimum Gasteiger partial charge on any atom is -0.462 e. The van der Waals surface area contributed by atoms with E-state index in [9.17, 15) is 9.59 Å². The molecule has 1 aromatic rings. The third-order valence-electron chi connectivity index (χ3n) is 2.85. The van der Waals surface area contributed by atoms with Crippen molar-refractivity contribution in [3.05, 3.63) is 21.7 Å². The smallest absolute Gasteiger partial charge is 0.346 e. The van der Waals surface area contributed by atoms with Crippen molar-refractivity contribution in [3.63, 3.8) is 0 Å². The zero-order valence-corrected chi connectivity index (χ0v) is 12.8. The van der Waals surface area contributed by atoms with E-state index in [1.807, 2.05) is 0 Å². The molecule has 0 amide bonds. The molecule has 2 rings (SSSR count). The second-order valence-corrected chi connectivity index (χ2v) is 5.46. The molecule has 116 valence electrons. The van der Waals surface area contributed by atoms with Gasteiger partial charge in [-0.2, -0.15) is 4.98 Å². The van der Waals surface area contributed by atoms with Gasteiger partial charge in [-0.05, 0) is 13.8 Å². The minimum atomic E-state index is -0.477. The highest BCUT2D eigenvalue weighted by atomic mass is 32.2. The summed E-state index contributed by atoms with van der Waals surface area (Å²) >= 11 is 1.32. The first-order valence-corrected chi connectivity index (χ1v) is 7.74. The Kier molecular flexibility index (Phi) is 5.77. The van der Waals surface area contributed by atoms with Crippen molar-refractivity contribution in [2.45, 2.75) is 31.6 Å². The number of aromatic amines is 1. The molecule has 1 aromatic heterocycles. The highest BCUT2D eigenvalue weighted by Crippen LogP contribution is 2.24. The summed E-state index contributed by atoms with van der Waals surface area (Å²) in [7, 11) is 0. The Hall–Kier alpha value is -1.38. The van der Waals surface area contributed by atoms with E-state index in [4.69, 9.17) is 14.2 Å². The van der Waals surface area contributed by atoms with Crippen molar-refractivity contribution in [2.24, 2.45) is 0 Å². The van der Waals surface area contributed by atoms with Crippen LogP contribution in [-0.2, 0) is 14.2 Å². The Balaban J connectivity index is 2.08. The molecule has 0 spiro atoms. The number of carbonyl (C=O) groups is 1. The molecule has 0 aromatic carbocycles. The average Bonchev–Trinajstić information content (AvgIpc) is 2.91. The molecule has 8 heteroatoms. The minimum absolute atomic E-state index is 0.216. The van der Waals surface area contributed by atoms with Gasteiger partial charge < -0.3 is 19.2 Å². The molecular weight excluding hydrogens is 296 g/mol. The molecule has 0 unspecified atom stereocenters. The van der Waals surface area contributed by atoms with Crippen LogP contribution in [0.4, 0.5) is 0 Å². The van der Waals surface area contributed by atoms with Crippen LogP contribution < -0.4 is 5.69 Å². The van der Waals surface area contributed by atoms with Gasteiger partial charge in [0.25, 0.3) is 0 Å². The lowest BCUT2D eigenvalue weighted by Gasteiger charge is -2.11. The fourth-order valence-electron chi connectivity index (χ4n) is 1.93. The van der Waals surface area contributed by atoms with E-state index in [2.05, 4.69) is 9.97 Å². The number of aryl methyl sites for hydroxylation is 1. The van der Waals surface area contributed by atoms with Crippen molar-refractivity contribution < 1.29 is 19.0 Å². The van der Waals surface area contributed by atoms with Gasteiger partial charge >= 0.3 is 11.7 Å². The molecule has 0 saturated carbocycles. The van der Waals surface area contributed by atoms with E-state index < -0.39 is 11.7 Å². The fraction of sp³-hybridized carbons (Fsp3) is 0.615. The molecule has 1 aliphatic rings. The largest absolute Gasteiger partial charge is 0.462 e. The second kappa shape index (κ2) is 7.58. The summed E-state index contributed by atoms with van der Waals surface area (Å²) < 4.78 is 15.7. The second-order valence-electron chi connectivity index (χ2n) is 4.38.